The van der Waals surface area contributed by atoms with E-state index in [1.807, 2.05) is 0 Å². The first kappa shape index (κ1) is 11.7. The fourth-order valence-corrected chi connectivity index (χ4v) is 3.00. The number of rotatable bonds is 3. The minimum Gasteiger partial charge on any atom is -0.0613 e. The third-order valence-electron chi connectivity index (χ3n) is 4.03. The van der Waals surface area contributed by atoms with Crippen LogP contribution in [0, 0.1) is 11.3 Å². The molecule has 1 atom stereocenters. The molecule has 1 aliphatic rings. The van der Waals surface area contributed by atoms with Gasteiger partial charge in [-0.2, -0.15) is 0 Å². The van der Waals surface area contributed by atoms with Crippen molar-refractivity contribution < 1.29 is 0 Å². The van der Waals surface area contributed by atoms with Gasteiger partial charge in [0.05, 0.1) is 0 Å². The molecule has 1 fully saturated rings. The second-order valence-electron chi connectivity index (χ2n) is 6.15. The minimum absolute atomic E-state index is 0.591. The van der Waals surface area contributed by atoms with Gasteiger partial charge in [0.2, 0.25) is 0 Å². The van der Waals surface area contributed by atoms with Crippen LogP contribution in [0.3, 0.4) is 0 Å². The highest BCUT2D eigenvalue weighted by Gasteiger charge is 2.30. The lowest BCUT2D eigenvalue weighted by Gasteiger charge is -2.17. The maximum Gasteiger partial charge on any atom is -0.0250 e. The topological polar surface area (TPSA) is 0 Å². The molecule has 16 heavy (non-hydrogen) atoms. The van der Waals surface area contributed by atoms with Gasteiger partial charge in [0, 0.05) is 0 Å². The summed E-state index contributed by atoms with van der Waals surface area (Å²) in [5.41, 5.74) is 3.57. The molecule has 88 valence electrons. The lowest BCUT2D eigenvalue weighted by molar-refractivity contribution is 0.360. The molecule has 1 saturated carbocycles. The standard InChI is InChI=1S/C16H24/c1-4-13-5-7-14(8-6-13)11-15-9-10-16(2,3)12-15/h5-8,15H,4,9-12H2,1-3H3. The molecular weight excluding hydrogens is 192 g/mol. The highest BCUT2D eigenvalue weighted by Crippen LogP contribution is 2.42. The average Bonchev–Trinajstić information content (AvgIpc) is 2.59. The van der Waals surface area contributed by atoms with Crippen molar-refractivity contribution in [2.45, 2.75) is 52.9 Å². The molecule has 0 spiro atoms. The van der Waals surface area contributed by atoms with Crippen LogP contribution in [-0.4, -0.2) is 0 Å². The summed E-state index contributed by atoms with van der Waals surface area (Å²) in [5, 5.41) is 0. The predicted molar refractivity (Wildman–Crippen MR) is 70.6 cm³/mol. The zero-order valence-corrected chi connectivity index (χ0v) is 10.9. The van der Waals surface area contributed by atoms with Gasteiger partial charge in [-0.3, -0.25) is 0 Å². The van der Waals surface area contributed by atoms with Gasteiger partial charge in [-0.15, -0.1) is 0 Å². The third-order valence-corrected chi connectivity index (χ3v) is 4.03. The molecule has 1 aromatic carbocycles. The fourth-order valence-electron chi connectivity index (χ4n) is 3.00. The molecule has 0 heterocycles. The third kappa shape index (κ3) is 2.87. The minimum atomic E-state index is 0.591. The predicted octanol–water partition coefficient (Wildman–Crippen LogP) is 4.62. The van der Waals surface area contributed by atoms with Gasteiger partial charge in [-0.05, 0) is 54.6 Å². The van der Waals surface area contributed by atoms with E-state index >= 15 is 0 Å². The van der Waals surface area contributed by atoms with Crippen molar-refractivity contribution in [1.82, 2.24) is 0 Å². The van der Waals surface area contributed by atoms with Crippen LogP contribution in [0.1, 0.15) is 51.2 Å². The van der Waals surface area contributed by atoms with Crippen molar-refractivity contribution >= 4 is 0 Å². The van der Waals surface area contributed by atoms with Crippen LogP contribution in [0.25, 0.3) is 0 Å². The normalized spacial score (nSPS) is 23.6. The van der Waals surface area contributed by atoms with Crippen molar-refractivity contribution in [1.29, 1.82) is 0 Å². The summed E-state index contributed by atoms with van der Waals surface area (Å²) in [5.74, 6) is 0.919. The summed E-state index contributed by atoms with van der Waals surface area (Å²) < 4.78 is 0. The quantitative estimate of drug-likeness (QED) is 0.691. The maximum absolute atomic E-state index is 2.41. The van der Waals surface area contributed by atoms with E-state index in [1.54, 1.807) is 0 Å². The zero-order valence-electron chi connectivity index (χ0n) is 10.9. The molecule has 1 aliphatic carbocycles. The van der Waals surface area contributed by atoms with Crippen LogP contribution in [0.5, 0.6) is 0 Å². The van der Waals surface area contributed by atoms with Crippen molar-refractivity contribution in [2.75, 3.05) is 0 Å². The SMILES string of the molecule is CCc1ccc(CC2CCC(C)(C)C2)cc1. The number of aryl methyl sites for hydroxylation is 1. The monoisotopic (exact) mass is 216 g/mol. The lowest BCUT2D eigenvalue weighted by atomic mass is 9.89. The second kappa shape index (κ2) is 4.61. The Hall–Kier alpha value is -0.780. The van der Waals surface area contributed by atoms with Crippen molar-refractivity contribution in [3.8, 4) is 0 Å². The van der Waals surface area contributed by atoms with Gasteiger partial charge >= 0.3 is 0 Å². The van der Waals surface area contributed by atoms with Crippen LogP contribution >= 0.6 is 0 Å². The molecule has 0 nitrogen and oxygen atoms in total. The van der Waals surface area contributed by atoms with Gasteiger partial charge in [-0.25, -0.2) is 0 Å². The molecule has 0 amide bonds. The molecule has 0 aliphatic heterocycles. The Morgan fingerprint density at radius 2 is 1.75 bits per heavy atom. The fraction of sp³-hybridized carbons (Fsp3) is 0.625. The first-order valence-corrected chi connectivity index (χ1v) is 6.67. The largest absolute Gasteiger partial charge is 0.0613 e. The molecule has 0 bridgehead atoms. The highest BCUT2D eigenvalue weighted by molar-refractivity contribution is 5.23. The Labute approximate surface area is 100 Å². The molecule has 0 saturated heterocycles. The number of hydrogen-bond donors (Lipinski definition) is 0. The van der Waals surface area contributed by atoms with E-state index in [-0.39, 0.29) is 0 Å². The summed E-state index contributed by atoms with van der Waals surface area (Å²) in [6, 6.07) is 9.22. The molecule has 0 radical (unpaired) electrons. The summed E-state index contributed by atoms with van der Waals surface area (Å²) in [6.45, 7) is 7.04. The van der Waals surface area contributed by atoms with Crippen molar-refractivity contribution in [3.05, 3.63) is 35.4 Å². The Balaban J connectivity index is 1.94. The van der Waals surface area contributed by atoms with Gasteiger partial charge < -0.3 is 0 Å². The molecule has 1 unspecified atom stereocenters. The smallest absolute Gasteiger partial charge is 0.0250 e. The van der Waals surface area contributed by atoms with E-state index in [4.69, 9.17) is 0 Å². The van der Waals surface area contributed by atoms with Crippen LogP contribution in [0.15, 0.2) is 24.3 Å². The van der Waals surface area contributed by atoms with Gasteiger partial charge in [0.1, 0.15) is 0 Å². The average molecular weight is 216 g/mol. The summed E-state index contributed by atoms with van der Waals surface area (Å²) in [4.78, 5) is 0. The molecule has 0 heteroatoms. The first-order valence-electron chi connectivity index (χ1n) is 6.67. The first-order chi connectivity index (χ1) is 7.59. The van der Waals surface area contributed by atoms with Gasteiger partial charge in [-0.1, -0.05) is 45.0 Å². The maximum atomic E-state index is 2.41. The van der Waals surface area contributed by atoms with E-state index in [0.29, 0.717) is 5.41 Å². The molecule has 0 N–H and O–H groups in total. The molecule has 0 aromatic heterocycles. The van der Waals surface area contributed by atoms with E-state index in [1.165, 1.54) is 36.8 Å². The Bertz CT molecular complexity index is 332. The number of benzene rings is 1. The summed E-state index contributed by atoms with van der Waals surface area (Å²) in [7, 11) is 0. The van der Waals surface area contributed by atoms with E-state index in [2.05, 4.69) is 45.0 Å². The van der Waals surface area contributed by atoms with E-state index < -0.39 is 0 Å². The van der Waals surface area contributed by atoms with Crippen molar-refractivity contribution in [2.24, 2.45) is 11.3 Å². The van der Waals surface area contributed by atoms with Gasteiger partial charge in [0.15, 0.2) is 0 Å². The van der Waals surface area contributed by atoms with E-state index in [9.17, 15) is 0 Å². The molecular formula is C16H24. The van der Waals surface area contributed by atoms with Crippen molar-refractivity contribution in [3.63, 3.8) is 0 Å². The highest BCUT2D eigenvalue weighted by atomic mass is 14.4. The molecule has 1 aromatic rings. The zero-order chi connectivity index (χ0) is 11.6. The Kier molecular flexibility index (Phi) is 3.37. The van der Waals surface area contributed by atoms with Crippen LogP contribution < -0.4 is 0 Å². The Morgan fingerprint density at radius 3 is 2.25 bits per heavy atom. The van der Waals surface area contributed by atoms with Gasteiger partial charge in [0.25, 0.3) is 0 Å². The van der Waals surface area contributed by atoms with Crippen LogP contribution in [0.2, 0.25) is 0 Å². The van der Waals surface area contributed by atoms with Crippen LogP contribution in [0.4, 0.5) is 0 Å². The Morgan fingerprint density at radius 1 is 1.12 bits per heavy atom. The molecule has 2 rings (SSSR count). The van der Waals surface area contributed by atoms with E-state index in [0.717, 1.165) is 12.3 Å². The second-order valence-corrected chi connectivity index (χ2v) is 6.15. The number of hydrogen-bond acceptors (Lipinski definition) is 0. The lowest BCUT2D eigenvalue weighted by Crippen LogP contribution is -2.06. The summed E-state index contributed by atoms with van der Waals surface area (Å²) in [6.07, 6.45) is 6.67. The van der Waals surface area contributed by atoms with Crippen LogP contribution in [-0.2, 0) is 12.8 Å². The summed E-state index contributed by atoms with van der Waals surface area (Å²) >= 11 is 0.